The van der Waals surface area contributed by atoms with Gasteiger partial charge in [-0.25, -0.2) is 4.39 Å². The van der Waals surface area contributed by atoms with Gasteiger partial charge in [0.05, 0.1) is 25.3 Å². The fourth-order valence-electron chi connectivity index (χ4n) is 3.42. The summed E-state index contributed by atoms with van der Waals surface area (Å²) in [5, 5.41) is 2.83. The van der Waals surface area contributed by atoms with E-state index in [2.05, 4.69) is 5.32 Å². The highest BCUT2D eigenvalue weighted by Crippen LogP contribution is 2.37. The zero-order valence-electron chi connectivity index (χ0n) is 17.6. The normalized spacial score (nSPS) is 15.0. The molecule has 1 aliphatic heterocycles. The minimum Gasteiger partial charge on any atom is -0.493 e. The Hall–Kier alpha value is -3.87. The maximum absolute atomic E-state index is 13.3. The van der Waals surface area contributed by atoms with E-state index in [1.165, 1.54) is 12.1 Å². The summed E-state index contributed by atoms with van der Waals surface area (Å²) < 4.78 is 24.5. The van der Waals surface area contributed by atoms with E-state index >= 15 is 0 Å². The molecule has 1 aliphatic rings. The molecule has 3 aromatic rings. The molecule has 0 saturated carbocycles. The van der Waals surface area contributed by atoms with Crippen LogP contribution in [-0.2, 0) is 16.1 Å². The molecule has 0 aliphatic carbocycles. The van der Waals surface area contributed by atoms with Crippen LogP contribution in [0.3, 0.4) is 0 Å². The number of carbonyl (C=O) groups excluding carboxylic acids is 2. The fourth-order valence-corrected chi connectivity index (χ4v) is 3.42. The van der Waals surface area contributed by atoms with E-state index in [1.807, 2.05) is 30.3 Å². The average molecular weight is 434 g/mol. The number of rotatable bonds is 7. The van der Waals surface area contributed by atoms with Gasteiger partial charge in [-0.15, -0.1) is 0 Å². The van der Waals surface area contributed by atoms with Gasteiger partial charge in [0.1, 0.15) is 17.3 Å². The second-order valence-electron chi connectivity index (χ2n) is 7.45. The number of nitrogens with zero attached hydrogens (tertiary/aromatic N) is 1. The van der Waals surface area contributed by atoms with Gasteiger partial charge >= 0.3 is 0 Å². The number of hydrogen-bond donors (Lipinski definition) is 1. The SMILES string of the molecule is CC1Oc2ccc(NC(=O)CCOc3ccccc3)cc2N(Cc2ccc(F)cc2)C1=O. The van der Waals surface area contributed by atoms with Crippen molar-refractivity contribution in [3.05, 3.63) is 84.2 Å². The predicted molar refractivity (Wildman–Crippen MR) is 119 cm³/mol. The molecular weight excluding hydrogens is 411 g/mol. The monoisotopic (exact) mass is 434 g/mol. The fraction of sp³-hybridized carbons (Fsp3) is 0.200. The number of nitrogens with one attached hydrogen (secondary N) is 1. The quantitative estimate of drug-likeness (QED) is 0.593. The zero-order chi connectivity index (χ0) is 22.5. The summed E-state index contributed by atoms with van der Waals surface area (Å²) in [6.45, 7) is 2.20. The van der Waals surface area contributed by atoms with Crippen molar-refractivity contribution in [1.29, 1.82) is 0 Å². The lowest BCUT2D eigenvalue weighted by molar-refractivity contribution is -0.125. The Bertz CT molecular complexity index is 1100. The highest BCUT2D eigenvalue weighted by atomic mass is 19.1. The van der Waals surface area contributed by atoms with Crippen LogP contribution < -0.4 is 19.7 Å². The van der Waals surface area contributed by atoms with Crippen molar-refractivity contribution in [2.75, 3.05) is 16.8 Å². The molecule has 4 rings (SSSR count). The highest BCUT2D eigenvalue weighted by molar-refractivity contribution is 6.01. The van der Waals surface area contributed by atoms with E-state index in [0.29, 0.717) is 22.9 Å². The van der Waals surface area contributed by atoms with Crippen molar-refractivity contribution < 1.29 is 23.5 Å². The topological polar surface area (TPSA) is 67.9 Å². The van der Waals surface area contributed by atoms with Crippen LogP contribution in [0.1, 0.15) is 18.9 Å². The Morgan fingerprint density at radius 3 is 2.59 bits per heavy atom. The third-order valence-corrected chi connectivity index (χ3v) is 5.05. The van der Waals surface area contributed by atoms with Crippen molar-refractivity contribution in [3.63, 3.8) is 0 Å². The largest absolute Gasteiger partial charge is 0.493 e. The lowest BCUT2D eigenvalue weighted by Gasteiger charge is -2.33. The minimum atomic E-state index is -0.640. The molecule has 7 heteroatoms. The number of halogens is 1. The first-order valence-electron chi connectivity index (χ1n) is 10.3. The van der Waals surface area contributed by atoms with Gasteiger partial charge in [-0.1, -0.05) is 30.3 Å². The van der Waals surface area contributed by atoms with Gasteiger partial charge in [-0.05, 0) is 55.0 Å². The summed E-state index contributed by atoms with van der Waals surface area (Å²) in [5.74, 6) is 0.501. The summed E-state index contributed by atoms with van der Waals surface area (Å²) in [6.07, 6.45) is -0.462. The molecule has 0 aromatic heterocycles. The van der Waals surface area contributed by atoms with Gasteiger partial charge in [0.25, 0.3) is 5.91 Å². The van der Waals surface area contributed by atoms with E-state index < -0.39 is 6.10 Å². The van der Waals surface area contributed by atoms with Crippen molar-refractivity contribution in [2.45, 2.75) is 26.0 Å². The van der Waals surface area contributed by atoms with Gasteiger partial charge in [-0.3, -0.25) is 9.59 Å². The lowest BCUT2D eigenvalue weighted by Crippen LogP contribution is -2.44. The number of hydrogen-bond acceptors (Lipinski definition) is 4. The van der Waals surface area contributed by atoms with E-state index in [-0.39, 0.29) is 37.2 Å². The highest BCUT2D eigenvalue weighted by Gasteiger charge is 2.31. The molecule has 2 amide bonds. The van der Waals surface area contributed by atoms with Crippen LogP contribution in [-0.4, -0.2) is 24.5 Å². The molecule has 1 atom stereocenters. The Balaban J connectivity index is 1.45. The first-order chi connectivity index (χ1) is 15.5. The van der Waals surface area contributed by atoms with E-state index in [0.717, 1.165) is 5.56 Å². The van der Waals surface area contributed by atoms with Gasteiger partial charge in [0.15, 0.2) is 6.10 Å². The molecular formula is C25H23FN2O4. The van der Waals surface area contributed by atoms with E-state index in [4.69, 9.17) is 9.47 Å². The Labute approximate surface area is 185 Å². The number of benzene rings is 3. The number of para-hydroxylation sites is 1. The molecule has 1 N–H and O–H groups in total. The second kappa shape index (κ2) is 9.51. The molecule has 0 saturated heterocycles. The molecule has 6 nitrogen and oxygen atoms in total. The minimum absolute atomic E-state index is 0.178. The molecule has 0 spiro atoms. The number of anilines is 2. The third kappa shape index (κ3) is 5.06. The van der Waals surface area contributed by atoms with Crippen LogP contribution in [0.25, 0.3) is 0 Å². The van der Waals surface area contributed by atoms with Gasteiger partial charge in [0, 0.05) is 5.69 Å². The summed E-state index contributed by atoms with van der Waals surface area (Å²) in [4.78, 5) is 26.7. The maximum Gasteiger partial charge on any atom is 0.268 e. The molecule has 3 aromatic carbocycles. The van der Waals surface area contributed by atoms with Crippen LogP contribution in [0, 0.1) is 5.82 Å². The molecule has 0 radical (unpaired) electrons. The molecule has 164 valence electrons. The van der Waals surface area contributed by atoms with E-state index in [9.17, 15) is 14.0 Å². The number of ether oxygens (including phenoxy) is 2. The van der Waals surface area contributed by atoms with Crippen LogP contribution in [0.5, 0.6) is 11.5 Å². The average Bonchev–Trinajstić information content (AvgIpc) is 2.79. The number of carbonyl (C=O) groups is 2. The number of amides is 2. The van der Waals surface area contributed by atoms with Crippen molar-refractivity contribution >= 4 is 23.2 Å². The smallest absolute Gasteiger partial charge is 0.268 e. The maximum atomic E-state index is 13.3. The Kier molecular flexibility index (Phi) is 6.35. The summed E-state index contributed by atoms with van der Waals surface area (Å²) in [6, 6.07) is 20.4. The van der Waals surface area contributed by atoms with Crippen LogP contribution in [0.4, 0.5) is 15.8 Å². The summed E-state index contributed by atoms with van der Waals surface area (Å²) >= 11 is 0. The molecule has 1 unspecified atom stereocenters. The first kappa shape index (κ1) is 21.4. The molecule has 0 bridgehead atoms. The Morgan fingerprint density at radius 2 is 1.84 bits per heavy atom. The van der Waals surface area contributed by atoms with E-state index in [1.54, 1.807) is 42.2 Å². The third-order valence-electron chi connectivity index (χ3n) is 5.05. The predicted octanol–water partition coefficient (Wildman–Crippen LogP) is 4.55. The van der Waals surface area contributed by atoms with Crippen molar-refractivity contribution in [1.82, 2.24) is 0 Å². The Morgan fingerprint density at radius 1 is 1.09 bits per heavy atom. The van der Waals surface area contributed by atoms with Gasteiger partial charge < -0.3 is 19.7 Å². The molecule has 1 heterocycles. The molecule has 32 heavy (non-hydrogen) atoms. The summed E-state index contributed by atoms with van der Waals surface area (Å²) in [5.41, 5.74) is 1.88. The molecule has 0 fully saturated rings. The van der Waals surface area contributed by atoms with Crippen molar-refractivity contribution in [3.8, 4) is 11.5 Å². The number of fused-ring (bicyclic) bond motifs is 1. The second-order valence-corrected chi connectivity index (χ2v) is 7.45. The standard InChI is InChI=1S/C25H23FN2O4/c1-17-25(30)28(16-18-7-9-19(26)10-8-18)22-15-20(11-12-23(22)32-17)27-24(29)13-14-31-21-5-3-2-4-6-21/h2-12,15,17H,13-14,16H2,1H3,(H,27,29). The lowest BCUT2D eigenvalue weighted by atomic mass is 10.1. The van der Waals surface area contributed by atoms with Gasteiger partial charge in [-0.2, -0.15) is 0 Å². The zero-order valence-corrected chi connectivity index (χ0v) is 17.6. The van der Waals surface area contributed by atoms with Crippen LogP contribution >= 0.6 is 0 Å². The first-order valence-corrected chi connectivity index (χ1v) is 10.3. The van der Waals surface area contributed by atoms with Gasteiger partial charge in [0.2, 0.25) is 5.91 Å². The van der Waals surface area contributed by atoms with Crippen LogP contribution in [0.2, 0.25) is 0 Å². The van der Waals surface area contributed by atoms with Crippen molar-refractivity contribution in [2.24, 2.45) is 0 Å². The summed E-state index contributed by atoms with van der Waals surface area (Å²) in [7, 11) is 0. The van der Waals surface area contributed by atoms with Crippen LogP contribution in [0.15, 0.2) is 72.8 Å².